The Hall–Kier alpha value is -0.570. The third-order valence-electron chi connectivity index (χ3n) is 1.97. The van der Waals surface area contributed by atoms with Crippen LogP contribution in [0, 0.1) is 0 Å². The Morgan fingerprint density at radius 1 is 1.38 bits per heavy atom. The Morgan fingerprint density at radius 3 is 2.31 bits per heavy atom. The van der Waals surface area contributed by atoms with Gasteiger partial charge in [-0.05, 0) is 34.1 Å². The molecule has 0 saturated carbocycles. The Kier molecular flexibility index (Phi) is 4.99. The van der Waals surface area contributed by atoms with Gasteiger partial charge in [0.25, 0.3) is 0 Å². The molecule has 1 atom stereocenters. The van der Waals surface area contributed by atoms with Crippen LogP contribution in [0.1, 0.15) is 41.0 Å². The number of ether oxygens (including phenoxy) is 2. The van der Waals surface area contributed by atoms with E-state index in [1.54, 1.807) is 13.8 Å². The van der Waals surface area contributed by atoms with Crippen LogP contribution >= 0.6 is 0 Å². The molecule has 78 valence electrons. The molecule has 0 aliphatic rings. The van der Waals surface area contributed by atoms with Crippen molar-refractivity contribution in [3.63, 3.8) is 0 Å². The SMILES string of the molecule is CCOC(=O)[C@@H](C)OC(C)(C)CC. The van der Waals surface area contributed by atoms with Gasteiger partial charge in [0, 0.05) is 0 Å². The van der Waals surface area contributed by atoms with E-state index >= 15 is 0 Å². The summed E-state index contributed by atoms with van der Waals surface area (Å²) in [5.74, 6) is -0.288. The zero-order chi connectivity index (χ0) is 10.5. The van der Waals surface area contributed by atoms with Crippen LogP contribution in [0.2, 0.25) is 0 Å². The van der Waals surface area contributed by atoms with Gasteiger partial charge < -0.3 is 9.47 Å². The molecule has 0 rings (SSSR count). The van der Waals surface area contributed by atoms with Crippen molar-refractivity contribution in [3.05, 3.63) is 0 Å². The van der Waals surface area contributed by atoms with E-state index in [9.17, 15) is 4.79 Å². The predicted molar refractivity (Wildman–Crippen MR) is 51.6 cm³/mol. The predicted octanol–water partition coefficient (Wildman–Crippen LogP) is 2.14. The molecule has 0 aliphatic heterocycles. The minimum absolute atomic E-state index is 0.258. The number of esters is 1. The first kappa shape index (κ1) is 12.4. The lowest BCUT2D eigenvalue weighted by atomic mass is 10.1. The molecule has 0 radical (unpaired) electrons. The number of hydrogen-bond donors (Lipinski definition) is 0. The second kappa shape index (κ2) is 5.22. The van der Waals surface area contributed by atoms with E-state index in [0.29, 0.717) is 6.61 Å². The summed E-state index contributed by atoms with van der Waals surface area (Å²) in [7, 11) is 0. The van der Waals surface area contributed by atoms with Crippen LogP contribution in [-0.2, 0) is 14.3 Å². The lowest BCUT2D eigenvalue weighted by molar-refractivity contribution is -0.165. The Balaban J connectivity index is 3.99. The molecule has 0 bridgehead atoms. The summed E-state index contributed by atoms with van der Waals surface area (Å²) in [5.41, 5.74) is -0.258. The largest absolute Gasteiger partial charge is 0.464 e. The summed E-state index contributed by atoms with van der Waals surface area (Å²) in [6.45, 7) is 9.85. The minimum Gasteiger partial charge on any atom is -0.464 e. The van der Waals surface area contributed by atoms with E-state index in [1.807, 2.05) is 20.8 Å². The van der Waals surface area contributed by atoms with Crippen molar-refractivity contribution >= 4 is 5.97 Å². The first-order chi connectivity index (χ1) is 5.93. The highest BCUT2D eigenvalue weighted by Crippen LogP contribution is 2.16. The van der Waals surface area contributed by atoms with Crippen LogP contribution in [0.3, 0.4) is 0 Å². The van der Waals surface area contributed by atoms with Crippen molar-refractivity contribution in [2.24, 2.45) is 0 Å². The fraction of sp³-hybridized carbons (Fsp3) is 0.900. The highest BCUT2D eigenvalue weighted by molar-refractivity contribution is 5.74. The molecule has 3 nitrogen and oxygen atoms in total. The molecule has 0 unspecified atom stereocenters. The summed E-state index contributed by atoms with van der Waals surface area (Å²) >= 11 is 0. The van der Waals surface area contributed by atoms with Gasteiger partial charge in [0.05, 0.1) is 12.2 Å². The van der Waals surface area contributed by atoms with E-state index in [-0.39, 0.29) is 11.6 Å². The van der Waals surface area contributed by atoms with Crippen molar-refractivity contribution in [3.8, 4) is 0 Å². The maximum Gasteiger partial charge on any atom is 0.334 e. The summed E-state index contributed by atoms with van der Waals surface area (Å²) in [6.07, 6.45) is 0.395. The van der Waals surface area contributed by atoms with Crippen molar-refractivity contribution in [1.29, 1.82) is 0 Å². The standard InChI is InChI=1S/C10H20O3/c1-6-10(4,5)13-8(3)9(11)12-7-2/h8H,6-7H2,1-5H3/t8-/m1/s1. The van der Waals surface area contributed by atoms with Gasteiger partial charge in [0.1, 0.15) is 0 Å². The van der Waals surface area contributed by atoms with Crippen LogP contribution < -0.4 is 0 Å². The van der Waals surface area contributed by atoms with Crippen LogP contribution in [0.4, 0.5) is 0 Å². The van der Waals surface area contributed by atoms with Gasteiger partial charge in [-0.25, -0.2) is 4.79 Å². The third kappa shape index (κ3) is 4.88. The number of rotatable bonds is 5. The molecule has 0 aromatic heterocycles. The molecule has 0 heterocycles. The normalized spacial score (nSPS) is 13.9. The van der Waals surface area contributed by atoms with Crippen LogP contribution in [0.25, 0.3) is 0 Å². The highest BCUT2D eigenvalue weighted by Gasteiger charge is 2.24. The van der Waals surface area contributed by atoms with Crippen LogP contribution in [0.15, 0.2) is 0 Å². The van der Waals surface area contributed by atoms with Gasteiger partial charge in [-0.3, -0.25) is 0 Å². The Morgan fingerprint density at radius 2 is 1.92 bits per heavy atom. The van der Waals surface area contributed by atoms with Gasteiger partial charge in [-0.15, -0.1) is 0 Å². The molecule has 0 aliphatic carbocycles. The second-order valence-corrected chi connectivity index (χ2v) is 3.63. The maximum atomic E-state index is 11.2. The quantitative estimate of drug-likeness (QED) is 0.620. The van der Waals surface area contributed by atoms with Crippen LogP contribution in [0.5, 0.6) is 0 Å². The molecule has 13 heavy (non-hydrogen) atoms. The number of carbonyl (C=O) groups excluding carboxylic acids is 1. The van der Waals surface area contributed by atoms with E-state index in [1.165, 1.54) is 0 Å². The molecule has 0 amide bonds. The lowest BCUT2D eigenvalue weighted by Crippen LogP contribution is -2.34. The Labute approximate surface area is 80.4 Å². The van der Waals surface area contributed by atoms with Gasteiger partial charge in [-0.2, -0.15) is 0 Å². The first-order valence-electron chi connectivity index (χ1n) is 4.77. The maximum absolute atomic E-state index is 11.2. The van der Waals surface area contributed by atoms with Crippen LogP contribution in [-0.4, -0.2) is 24.3 Å². The van der Waals surface area contributed by atoms with Gasteiger partial charge in [0.15, 0.2) is 6.10 Å². The Bertz CT molecular complexity index is 164. The van der Waals surface area contributed by atoms with Crippen molar-refractivity contribution in [2.45, 2.75) is 52.7 Å². The van der Waals surface area contributed by atoms with Gasteiger partial charge in [0.2, 0.25) is 0 Å². The monoisotopic (exact) mass is 188 g/mol. The highest BCUT2D eigenvalue weighted by atomic mass is 16.6. The molecule has 0 N–H and O–H groups in total. The van der Waals surface area contributed by atoms with E-state index in [4.69, 9.17) is 9.47 Å². The molecule has 3 heteroatoms. The second-order valence-electron chi connectivity index (χ2n) is 3.63. The summed E-state index contributed by atoms with van der Waals surface area (Å²) in [4.78, 5) is 11.2. The molecule has 0 saturated heterocycles. The van der Waals surface area contributed by atoms with E-state index in [0.717, 1.165) is 6.42 Å². The van der Waals surface area contributed by atoms with E-state index in [2.05, 4.69) is 0 Å². The van der Waals surface area contributed by atoms with Crippen molar-refractivity contribution in [2.75, 3.05) is 6.61 Å². The first-order valence-corrected chi connectivity index (χ1v) is 4.77. The smallest absolute Gasteiger partial charge is 0.334 e. The average molecular weight is 188 g/mol. The average Bonchev–Trinajstić information content (AvgIpc) is 2.04. The van der Waals surface area contributed by atoms with Crippen molar-refractivity contribution < 1.29 is 14.3 Å². The number of hydrogen-bond acceptors (Lipinski definition) is 3. The minimum atomic E-state index is -0.477. The van der Waals surface area contributed by atoms with Crippen molar-refractivity contribution in [1.82, 2.24) is 0 Å². The number of carbonyl (C=O) groups is 1. The van der Waals surface area contributed by atoms with Gasteiger partial charge >= 0.3 is 5.97 Å². The van der Waals surface area contributed by atoms with E-state index < -0.39 is 6.10 Å². The fourth-order valence-corrected chi connectivity index (χ4v) is 0.870. The molecular weight excluding hydrogens is 168 g/mol. The summed E-state index contributed by atoms with van der Waals surface area (Å²) in [6, 6.07) is 0. The zero-order valence-electron chi connectivity index (χ0n) is 9.22. The molecule has 0 spiro atoms. The topological polar surface area (TPSA) is 35.5 Å². The zero-order valence-corrected chi connectivity index (χ0v) is 9.22. The summed E-state index contributed by atoms with van der Waals surface area (Å²) in [5, 5.41) is 0. The molecule has 0 fully saturated rings. The molecular formula is C10H20O3. The van der Waals surface area contributed by atoms with Gasteiger partial charge in [-0.1, -0.05) is 6.92 Å². The molecule has 0 aromatic rings. The third-order valence-corrected chi connectivity index (χ3v) is 1.97. The molecule has 0 aromatic carbocycles. The lowest BCUT2D eigenvalue weighted by Gasteiger charge is -2.26. The summed E-state index contributed by atoms with van der Waals surface area (Å²) < 4.78 is 10.4. The fourth-order valence-electron chi connectivity index (χ4n) is 0.870.